The number of rotatable bonds is 6. The van der Waals surface area contributed by atoms with Gasteiger partial charge in [0.2, 0.25) is 0 Å². The third-order valence-electron chi connectivity index (χ3n) is 4.13. The minimum atomic E-state index is 0.735. The van der Waals surface area contributed by atoms with E-state index in [0.717, 1.165) is 32.2 Å². The van der Waals surface area contributed by atoms with Crippen LogP contribution in [0.2, 0.25) is 0 Å². The summed E-state index contributed by atoms with van der Waals surface area (Å²) in [6.07, 6.45) is 6.68. The molecule has 1 saturated heterocycles. The molecule has 0 radical (unpaired) electrons. The fourth-order valence-corrected chi connectivity index (χ4v) is 2.74. The predicted octanol–water partition coefficient (Wildman–Crippen LogP) is 0.555. The van der Waals surface area contributed by atoms with Gasteiger partial charge in [-0.2, -0.15) is 0 Å². The molecule has 0 unspecified atom stereocenters. The zero-order chi connectivity index (χ0) is 13.1. The smallest absolute Gasteiger partial charge is 0.0951 e. The summed E-state index contributed by atoms with van der Waals surface area (Å²) in [5.41, 5.74) is 1.37. The van der Waals surface area contributed by atoms with Gasteiger partial charge in [0, 0.05) is 58.1 Å². The fourth-order valence-electron chi connectivity index (χ4n) is 2.74. The van der Waals surface area contributed by atoms with Crippen LogP contribution in [0.5, 0.6) is 0 Å². The highest BCUT2D eigenvalue weighted by molar-refractivity contribution is 5.03. The first-order valence-electron chi connectivity index (χ1n) is 7.45. The Morgan fingerprint density at radius 3 is 2.89 bits per heavy atom. The molecule has 0 amide bonds. The summed E-state index contributed by atoms with van der Waals surface area (Å²) in [4.78, 5) is 9.27. The van der Waals surface area contributed by atoms with Crippen molar-refractivity contribution in [3.63, 3.8) is 0 Å². The molecule has 3 rings (SSSR count). The van der Waals surface area contributed by atoms with Gasteiger partial charge >= 0.3 is 0 Å². The maximum atomic E-state index is 4.30. The van der Waals surface area contributed by atoms with E-state index in [4.69, 9.17) is 0 Å². The molecule has 1 aliphatic heterocycles. The average molecular weight is 263 g/mol. The van der Waals surface area contributed by atoms with E-state index in [9.17, 15) is 0 Å². The normalized spacial score (nSPS) is 21.2. The molecule has 0 atom stereocenters. The van der Waals surface area contributed by atoms with E-state index in [1.807, 2.05) is 12.5 Å². The molecule has 2 aliphatic rings. The summed E-state index contributed by atoms with van der Waals surface area (Å²) in [7, 11) is 2.21. The topological polar surface area (TPSA) is 36.3 Å². The van der Waals surface area contributed by atoms with Crippen LogP contribution in [0, 0.1) is 0 Å². The molecule has 1 saturated carbocycles. The largest absolute Gasteiger partial charge is 0.330 e. The molecule has 1 aromatic rings. The summed E-state index contributed by atoms with van der Waals surface area (Å²) in [5.74, 6) is 0. The molecule has 0 spiro atoms. The minimum Gasteiger partial charge on any atom is -0.330 e. The SMILES string of the molecule is CN(CCN1CCNCC1)Cc1cncn1C1CC1. The molecular formula is C14H25N5. The number of nitrogens with one attached hydrogen (secondary N) is 1. The first kappa shape index (κ1) is 13.1. The van der Waals surface area contributed by atoms with Crippen molar-refractivity contribution in [1.82, 2.24) is 24.7 Å². The molecule has 2 fully saturated rings. The standard InChI is InChI=1S/C14H25N5/c1-17(8-9-18-6-4-15-5-7-18)11-14-10-16-12-19(14)13-2-3-13/h10,12-13,15H,2-9,11H2,1H3. The predicted molar refractivity (Wildman–Crippen MR) is 76.1 cm³/mol. The minimum absolute atomic E-state index is 0.735. The number of imidazole rings is 1. The first-order valence-corrected chi connectivity index (χ1v) is 7.45. The highest BCUT2D eigenvalue weighted by Gasteiger charge is 2.25. The van der Waals surface area contributed by atoms with E-state index in [1.165, 1.54) is 38.2 Å². The van der Waals surface area contributed by atoms with Gasteiger partial charge in [-0.05, 0) is 19.9 Å². The van der Waals surface area contributed by atoms with Crippen LogP contribution >= 0.6 is 0 Å². The van der Waals surface area contributed by atoms with Gasteiger partial charge in [0.1, 0.15) is 0 Å². The van der Waals surface area contributed by atoms with Crippen molar-refractivity contribution in [2.45, 2.75) is 25.4 Å². The maximum absolute atomic E-state index is 4.30. The second-order valence-electron chi connectivity index (χ2n) is 5.85. The Hall–Kier alpha value is -0.910. The van der Waals surface area contributed by atoms with Crippen molar-refractivity contribution in [3.05, 3.63) is 18.2 Å². The van der Waals surface area contributed by atoms with Crippen LogP contribution in [-0.2, 0) is 6.54 Å². The highest BCUT2D eigenvalue weighted by Crippen LogP contribution is 2.35. The molecule has 0 bridgehead atoms. The Labute approximate surface area is 115 Å². The lowest BCUT2D eigenvalue weighted by atomic mass is 10.3. The van der Waals surface area contributed by atoms with E-state index in [0.29, 0.717) is 0 Å². The number of nitrogens with zero attached hydrogens (tertiary/aromatic N) is 4. The lowest BCUT2D eigenvalue weighted by molar-refractivity contribution is 0.200. The van der Waals surface area contributed by atoms with E-state index >= 15 is 0 Å². The van der Waals surface area contributed by atoms with Gasteiger partial charge in [-0.1, -0.05) is 0 Å². The molecular weight excluding hydrogens is 238 g/mol. The Bertz CT molecular complexity index is 392. The van der Waals surface area contributed by atoms with Crippen LogP contribution in [-0.4, -0.2) is 65.7 Å². The van der Waals surface area contributed by atoms with Gasteiger partial charge < -0.3 is 9.88 Å². The van der Waals surface area contributed by atoms with Crippen LogP contribution in [0.15, 0.2) is 12.5 Å². The quantitative estimate of drug-likeness (QED) is 0.813. The molecule has 5 nitrogen and oxygen atoms in total. The van der Waals surface area contributed by atoms with Crippen molar-refractivity contribution in [2.75, 3.05) is 46.3 Å². The Kier molecular flexibility index (Phi) is 4.15. The molecule has 106 valence electrons. The fraction of sp³-hybridized carbons (Fsp3) is 0.786. The van der Waals surface area contributed by atoms with Gasteiger partial charge in [-0.3, -0.25) is 9.80 Å². The summed E-state index contributed by atoms with van der Waals surface area (Å²) in [5, 5.41) is 3.40. The van der Waals surface area contributed by atoms with Crippen molar-refractivity contribution in [2.24, 2.45) is 0 Å². The zero-order valence-corrected chi connectivity index (χ0v) is 11.9. The molecule has 1 aromatic heterocycles. The van der Waals surface area contributed by atoms with E-state index < -0.39 is 0 Å². The van der Waals surface area contributed by atoms with E-state index in [2.05, 4.69) is 31.7 Å². The third-order valence-corrected chi connectivity index (χ3v) is 4.13. The summed E-state index contributed by atoms with van der Waals surface area (Å²) in [6, 6.07) is 0.735. The monoisotopic (exact) mass is 263 g/mol. The molecule has 2 heterocycles. The van der Waals surface area contributed by atoms with E-state index in [1.54, 1.807) is 0 Å². The van der Waals surface area contributed by atoms with Gasteiger partial charge in [0.15, 0.2) is 0 Å². The number of hydrogen-bond acceptors (Lipinski definition) is 4. The highest BCUT2D eigenvalue weighted by atomic mass is 15.2. The van der Waals surface area contributed by atoms with Gasteiger partial charge in [0.05, 0.1) is 12.0 Å². The molecule has 1 N–H and O–H groups in total. The van der Waals surface area contributed by atoms with Crippen molar-refractivity contribution in [3.8, 4) is 0 Å². The number of piperazine rings is 1. The Morgan fingerprint density at radius 2 is 2.16 bits per heavy atom. The molecule has 19 heavy (non-hydrogen) atoms. The van der Waals surface area contributed by atoms with Gasteiger partial charge in [0.25, 0.3) is 0 Å². The summed E-state index contributed by atoms with van der Waals surface area (Å²) >= 11 is 0. The maximum Gasteiger partial charge on any atom is 0.0951 e. The van der Waals surface area contributed by atoms with Gasteiger partial charge in [-0.25, -0.2) is 4.98 Å². The van der Waals surface area contributed by atoms with Crippen molar-refractivity contribution in [1.29, 1.82) is 0 Å². The zero-order valence-electron chi connectivity index (χ0n) is 11.9. The van der Waals surface area contributed by atoms with Crippen LogP contribution in [0.1, 0.15) is 24.6 Å². The summed E-state index contributed by atoms with van der Waals surface area (Å²) in [6.45, 7) is 7.98. The molecule has 0 aromatic carbocycles. The van der Waals surface area contributed by atoms with Gasteiger partial charge in [-0.15, -0.1) is 0 Å². The number of aromatic nitrogens is 2. The second kappa shape index (κ2) is 6.03. The Morgan fingerprint density at radius 1 is 1.37 bits per heavy atom. The van der Waals surface area contributed by atoms with Crippen LogP contribution < -0.4 is 5.32 Å². The molecule has 1 aliphatic carbocycles. The lowest BCUT2D eigenvalue weighted by Gasteiger charge is -2.29. The number of likely N-dealkylation sites (N-methyl/N-ethyl adjacent to an activating group) is 1. The average Bonchev–Trinajstić information content (AvgIpc) is 3.18. The third kappa shape index (κ3) is 3.55. The number of hydrogen-bond donors (Lipinski definition) is 1. The van der Waals surface area contributed by atoms with Crippen LogP contribution in [0.3, 0.4) is 0 Å². The Balaban J connectivity index is 1.45. The van der Waals surface area contributed by atoms with E-state index in [-0.39, 0.29) is 0 Å². The molecule has 5 heteroatoms. The lowest BCUT2D eigenvalue weighted by Crippen LogP contribution is -2.45. The van der Waals surface area contributed by atoms with Crippen molar-refractivity contribution < 1.29 is 0 Å². The van der Waals surface area contributed by atoms with Crippen molar-refractivity contribution >= 4 is 0 Å². The van der Waals surface area contributed by atoms with Crippen LogP contribution in [0.25, 0.3) is 0 Å². The first-order chi connectivity index (χ1) is 9.33. The second-order valence-corrected chi connectivity index (χ2v) is 5.85. The van der Waals surface area contributed by atoms with Crippen LogP contribution in [0.4, 0.5) is 0 Å². The summed E-state index contributed by atoms with van der Waals surface area (Å²) < 4.78 is 2.36.